The number of hydrogen-bond acceptors (Lipinski definition) is 3. The van der Waals surface area contributed by atoms with Crippen LogP contribution in [0.2, 0.25) is 0 Å². The number of rotatable bonds is 6. The Labute approximate surface area is 90.9 Å². The molecule has 0 aliphatic carbocycles. The molecule has 1 rings (SSSR count). The van der Waals surface area contributed by atoms with Gasteiger partial charge in [0, 0.05) is 12.6 Å². The topological polar surface area (TPSA) is 55.5 Å². The van der Waals surface area contributed by atoms with Gasteiger partial charge in [0.1, 0.15) is 5.75 Å². The molecule has 3 N–H and O–H groups in total. The highest BCUT2D eigenvalue weighted by Gasteiger charge is 1.99. The lowest BCUT2D eigenvalue weighted by Crippen LogP contribution is -2.04. The molecule has 1 aromatic rings. The average molecular weight is 209 g/mol. The summed E-state index contributed by atoms with van der Waals surface area (Å²) in [4.78, 5) is 0. The minimum atomic E-state index is 0.0634. The third kappa shape index (κ3) is 4.32. The van der Waals surface area contributed by atoms with Gasteiger partial charge in [-0.3, -0.25) is 0 Å². The molecule has 0 radical (unpaired) electrons. The van der Waals surface area contributed by atoms with E-state index in [1.165, 1.54) is 0 Å². The van der Waals surface area contributed by atoms with Gasteiger partial charge in [-0.2, -0.15) is 0 Å². The lowest BCUT2D eigenvalue weighted by atomic mass is 10.1. The lowest BCUT2D eigenvalue weighted by Gasteiger charge is -2.08. The van der Waals surface area contributed by atoms with E-state index in [1.807, 2.05) is 31.2 Å². The molecule has 1 atom stereocenters. The Bertz CT molecular complexity index is 269. The maximum absolute atomic E-state index is 8.59. The molecule has 0 saturated heterocycles. The van der Waals surface area contributed by atoms with Gasteiger partial charge in [0.2, 0.25) is 0 Å². The SMILES string of the molecule is C[C@H](N)c1ccc(OCCCCO)cc1. The first-order chi connectivity index (χ1) is 7.24. The second kappa shape index (κ2) is 6.43. The van der Waals surface area contributed by atoms with Gasteiger partial charge in [-0.15, -0.1) is 0 Å². The van der Waals surface area contributed by atoms with E-state index in [9.17, 15) is 0 Å². The van der Waals surface area contributed by atoms with Crippen molar-refractivity contribution >= 4 is 0 Å². The van der Waals surface area contributed by atoms with Gasteiger partial charge in [0.15, 0.2) is 0 Å². The Hall–Kier alpha value is -1.06. The maximum Gasteiger partial charge on any atom is 0.119 e. The van der Waals surface area contributed by atoms with Gasteiger partial charge in [-0.25, -0.2) is 0 Å². The zero-order valence-corrected chi connectivity index (χ0v) is 9.15. The number of hydrogen-bond donors (Lipinski definition) is 2. The second-order valence-corrected chi connectivity index (χ2v) is 3.64. The van der Waals surface area contributed by atoms with Crippen molar-refractivity contribution in [2.45, 2.75) is 25.8 Å². The Morgan fingerprint density at radius 3 is 2.47 bits per heavy atom. The molecule has 0 saturated carbocycles. The standard InChI is InChI=1S/C12H19NO2/c1-10(13)11-4-6-12(7-5-11)15-9-3-2-8-14/h4-7,10,14H,2-3,8-9,13H2,1H3/t10-/m0/s1. The Morgan fingerprint density at radius 1 is 1.27 bits per heavy atom. The van der Waals surface area contributed by atoms with Crippen LogP contribution in [-0.4, -0.2) is 18.3 Å². The van der Waals surface area contributed by atoms with E-state index >= 15 is 0 Å². The van der Waals surface area contributed by atoms with E-state index in [4.69, 9.17) is 15.6 Å². The number of unbranched alkanes of at least 4 members (excludes halogenated alkanes) is 1. The molecule has 0 aliphatic heterocycles. The molecule has 3 heteroatoms. The quantitative estimate of drug-likeness (QED) is 0.703. The van der Waals surface area contributed by atoms with Crippen molar-refractivity contribution in [2.75, 3.05) is 13.2 Å². The van der Waals surface area contributed by atoms with Crippen LogP contribution >= 0.6 is 0 Å². The molecule has 84 valence electrons. The zero-order valence-electron chi connectivity index (χ0n) is 9.15. The van der Waals surface area contributed by atoms with Crippen molar-refractivity contribution in [1.82, 2.24) is 0 Å². The van der Waals surface area contributed by atoms with Gasteiger partial charge < -0.3 is 15.6 Å². The first-order valence-electron chi connectivity index (χ1n) is 5.33. The van der Waals surface area contributed by atoms with E-state index in [-0.39, 0.29) is 12.6 Å². The summed E-state index contributed by atoms with van der Waals surface area (Å²) in [5.74, 6) is 0.859. The molecule has 1 aromatic carbocycles. The van der Waals surface area contributed by atoms with Crippen molar-refractivity contribution in [3.63, 3.8) is 0 Å². The van der Waals surface area contributed by atoms with E-state index < -0.39 is 0 Å². The lowest BCUT2D eigenvalue weighted by molar-refractivity contribution is 0.253. The Kier molecular flexibility index (Phi) is 5.15. The summed E-state index contributed by atoms with van der Waals surface area (Å²) in [5, 5.41) is 8.59. The van der Waals surface area contributed by atoms with Crippen LogP contribution in [0.15, 0.2) is 24.3 Å². The molecule has 0 spiro atoms. The van der Waals surface area contributed by atoms with Crippen LogP contribution in [0.1, 0.15) is 31.4 Å². The normalized spacial score (nSPS) is 12.5. The largest absolute Gasteiger partial charge is 0.494 e. The van der Waals surface area contributed by atoms with Crippen LogP contribution < -0.4 is 10.5 Å². The van der Waals surface area contributed by atoms with Gasteiger partial charge >= 0.3 is 0 Å². The summed E-state index contributed by atoms with van der Waals surface area (Å²) < 4.78 is 5.49. The molecule has 0 amide bonds. The summed E-state index contributed by atoms with van der Waals surface area (Å²) in [6, 6.07) is 7.88. The third-order valence-electron chi connectivity index (χ3n) is 2.23. The summed E-state index contributed by atoms with van der Waals surface area (Å²) in [6.07, 6.45) is 1.67. The van der Waals surface area contributed by atoms with Crippen molar-refractivity contribution < 1.29 is 9.84 Å². The number of ether oxygens (including phenoxy) is 1. The summed E-state index contributed by atoms with van der Waals surface area (Å²) in [6.45, 7) is 2.84. The predicted molar refractivity (Wildman–Crippen MR) is 60.9 cm³/mol. The van der Waals surface area contributed by atoms with Gasteiger partial charge in [0.05, 0.1) is 6.61 Å². The van der Waals surface area contributed by atoms with E-state index in [0.29, 0.717) is 6.61 Å². The first-order valence-corrected chi connectivity index (χ1v) is 5.33. The minimum Gasteiger partial charge on any atom is -0.494 e. The van der Waals surface area contributed by atoms with Crippen LogP contribution in [0.4, 0.5) is 0 Å². The van der Waals surface area contributed by atoms with Crippen LogP contribution in [0.5, 0.6) is 5.75 Å². The highest BCUT2D eigenvalue weighted by atomic mass is 16.5. The van der Waals surface area contributed by atoms with Gasteiger partial charge in [0.25, 0.3) is 0 Å². The van der Waals surface area contributed by atoms with Gasteiger partial charge in [-0.1, -0.05) is 12.1 Å². The van der Waals surface area contributed by atoms with Crippen LogP contribution in [0, 0.1) is 0 Å². The molecule has 3 nitrogen and oxygen atoms in total. The molecule has 0 bridgehead atoms. The molecule has 0 unspecified atom stereocenters. The maximum atomic E-state index is 8.59. The third-order valence-corrected chi connectivity index (χ3v) is 2.23. The van der Waals surface area contributed by atoms with Crippen LogP contribution in [0.3, 0.4) is 0 Å². The highest BCUT2D eigenvalue weighted by Crippen LogP contribution is 2.16. The van der Waals surface area contributed by atoms with Crippen LogP contribution in [-0.2, 0) is 0 Å². The number of benzene rings is 1. The highest BCUT2D eigenvalue weighted by molar-refractivity contribution is 5.28. The molecular weight excluding hydrogens is 190 g/mol. The zero-order chi connectivity index (χ0) is 11.1. The molecule has 15 heavy (non-hydrogen) atoms. The van der Waals surface area contributed by atoms with E-state index in [2.05, 4.69) is 0 Å². The van der Waals surface area contributed by atoms with Gasteiger partial charge in [-0.05, 0) is 37.5 Å². The molecule has 0 heterocycles. The van der Waals surface area contributed by atoms with Crippen molar-refractivity contribution in [1.29, 1.82) is 0 Å². The molecular formula is C12H19NO2. The fourth-order valence-electron chi connectivity index (χ4n) is 1.27. The predicted octanol–water partition coefficient (Wildman–Crippen LogP) is 1.86. The first kappa shape index (κ1) is 12.0. The summed E-state index contributed by atoms with van der Waals surface area (Å²) >= 11 is 0. The molecule has 0 aliphatic rings. The van der Waals surface area contributed by atoms with Crippen molar-refractivity contribution in [3.8, 4) is 5.75 Å². The van der Waals surface area contributed by atoms with Crippen molar-refractivity contribution in [2.24, 2.45) is 5.73 Å². The van der Waals surface area contributed by atoms with E-state index in [1.54, 1.807) is 0 Å². The number of aliphatic hydroxyl groups is 1. The second-order valence-electron chi connectivity index (χ2n) is 3.64. The van der Waals surface area contributed by atoms with Crippen LogP contribution in [0.25, 0.3) is 0 Å². The summed E-state index contributed by atoms with van der Waals surface area (Å²) in [7, 11) is 0. The number of nitrogens with two attached hydrogens (primary N) is 1. The van der Waals surface area contributed by atoms with Crippen molar-refractivity contribution in [3.05, 3.63) is 29.8 Å². The summed E-state index contributed by atoms with van der Waals surface area (Å²) in [5.41, 5.74) is 6.84. The monoisotopic (exact) mass is 209 g/mol. The molecule has 0 fully saturated rings. The van der Waals surface area contributed by atoms with E-state index in [0.717, 1.165) is 24.2 Å². The fourth-order valence-corrected chi connectivity index (χ4v) is 1.27. The number of aliphatic hydroxyl groups excluding tert-OH is 1. The molecule has 0 aromatic heterocycles. The Balaban J connectivity index is 2.36. The Morgan fingerprint density at radius 2 is 1.93 bits per heavy atom. The minimum absolute atomic E-state index is 0.0634. The smallest absolute Gasteiger partial charge is 0.119 e. The fraction of sp³-hybridized carbons (Fsp3) is 0.500. The average Bonchev–Trinajstić information content (AvgIpc) is 2.25.